The Kier molecular flexibility index (Phi) is 2.15. The highest BCUT2D eigenvalue weighted by Gasteiger charge is 2.00. The molecule has 0 atom stereocenters. The molecule has 2 rings (SSSR count). The van der Waals surface area contributed by atoms with Gasteiger partial charge in [0.1, 0.15) is 11.8 Å². The molecule has 0 aliphatic carbocycles. The average Bonchev–Trinajstić information content (AvgIpc) is 2.30. The van der Waals surface area contributed by atoms with Crippen LogP contribution in [-0.2, 0) is 0 Å². The number of aromatic nitrogens is 3. The molecule has 0 radical (unpaired) electrons. The Labute approximate surface area is 80.9 Å². The third kappa shape index (κ3) is 1.57. The van der Waals surface area contributed by atoms with Gasteiger partial charge in [0.25, 0.3) is 0 Å². The number of rotatable bonds is 1. The smallest absolute Gasteiger partial charge is 0.162 e. The maximum absolute atomic E-state index is 8.65. The number of nitrogens with zero attached hydrogens (tertiary/aromatic N) is 4. The van der Waals surface area contributed by atoms with Crippen LogP contribution in [0.25, 0.3) is 11.4 Å². The van der Waals surface area contributed by atoms with Gasteiger partial charge in [-0.05, 0) is 18.2 Å². The Morgan fingerprint density at radius 3 is 2.86 bits per heavy atom. The zero-order valence-electron chi connectivity index (χ0n) is 7.25. The van der Waals surface area contributed by atoms with E-state index in [2.05, 4.69) is 15.0 Å². The Balaban J connectivity index is 2.49. The van der Waals surface area contributed by atoms with Gasteiger partial charge in [0, 0.05) is 24.2 Å². The van der Waals surface area contributed by atoms with Gasteiger partial charge in [-0.2, -0.15) is 5.26 Å². The largest absolute Gasteiger partial charge is 0.264 e. The van der Waals surface area contributed by atoms with Gasteiger partial charge in [-0.15, -0.1) is 0 Å². The van der Waals surface area contributed by atoms with Crippen LogP contribution in [0.1, 0.15) is 5.69 Å². The summed E-state index contributed by atoms with van der Waals surface area (Å²) in [5.74, 6) is 0.525. The molecule has 0 saturated carbocycles. The zero-order valence-corrected chi connectivity index (χ0v) is 7.25. The maximum atomic E-state index is 8.65. The fourth-order valence-electron chi connectivity index (χ4n) is 1.06. The van der Waals surface area contributed by atoms with E-state index in [0.29, 0.717) is 11.5 Å². The lowest BCUT2D eigenvalue weighted by Crippen LogP contribution is -1.91. The summed E-state index contributed by atoms with van der Waals surface area (Å²) in [4.78, 5) is 12.1. The van der Waals surface area contributed by atoms with Gasteiger partial charge in [0.15, 0.2) is 5.82 Å². The van der Waals surface area contributed by atoms with Crippen molar-refractivity contribution in [2.45, 2.75) is 0 Å². The van der Waals surface area contributed by atoms with E-state index >= 15 is 0 Å². The van der Waals surface area contributed by atoms with E-state index in [0.717, 1.165) is 5.56 Å². The minimum Gasteiger partial charge on any atom is -0.264 e. The zero-order chi connectivity index (χ0) is 9.80. The quantitative estimate of drug-likeness (QED) is 0.668. The molecule has 0 amide bonds. The monoisotopic (exact) mass is 182 g/mol. The lowest BCUT2D eigenvalue weighted by atomic mass is 10.2. The molecule has 4 nitrogen and oxygen atoms in total. The minimum absolute atomic E-state index is 0.360. The summed E-state index contributed by atoms with van der Waals surface area (Å²) in [5, 5.41) is 8.65. The van der Waals surface area contributed by atoms with E-state index < -0.39 is 0 Å². The van der Waals surface area contributed by atoms with E-state index in [1.807, 2.05) is 12.1 Å². The summed E-state index contributed by atoms with van der Waals surface area (Å²) in [6, 6.07) is 7.19. The summed E-state index contributed by atoms with van der Waals surface area (Å²) in [7, 11) is 0. The Morgan fingerprint density at radius 1 is 1.21 bits per heavy atom. The van der Waals surface area contributed by atoms with Crippen LogP contribution in [0.15, 0.2) is 36.8 Å². The molecular formula is C10H6N4. The van der Waals surface area contributed by atoms with Crippen molar-refractivity contribution in [3.8, 4) is 17.5 Å². The van der Waals surface area contributed by atoms with Crippen molar-refractivity contribution in [2.24, 2.45) is 0 Å². The predicted octanol–water partition coefficient (Wildman–Crippen LogP) is 1.41. The molecule has 4 heteroatoms. The van der Waals surface area contributed by atoms with Gasteiger partial charge in [-0.25, -0.2) is 9.97 Å². The number of pyridine rings is 1. The molecule has 0 N–H and O–H groups in total. The van der Waals surface area contributed by atoms with Crippen molar-refractivity contribution >= 4 is 0 Å². The molecule has 66 valence electrons. The van der Waals surface area contributed by atoms with Crippen molar-refractivity contribution in [3.05, 3.63) is 42.5 Å². The molecule has 0 aliphatic rings. The lowest BCUT2D eigenvalue weighted by Gasteiger charge is -1.97. The van der Waals surface area contributed by atoms with Crippen LogP contribution in [-0.4, -0.2) is 15.0 Å². The van der Waals surface area contributed by atoms with E-state index in [-0.39, 0.29) is 0 Å². The third-order valence-corrected chi connectivity index (χ3v) is 1.69. The van der Waals surface area contributed by atoms with E-state index in [1.54, 1.807) is 30.7 Å². The van der Waals surface area contributed by atoms with E-state index in [9.17, 15) is 0 Å². The summed E-state index contributed by atoms with van der Waals surface area (Å²) in [6.07, 6.45) is 4.90. The van der Waals surface area contributed by atoms with Crippen LogP contribution in [0.4, 0.5) is 0 Å². The van der Waals surface area contributed by atoms with Crippen LogP contribution >= 0.6 is 0 Å². The molecular weight excluding hydrogens is 176 g/mol. The molecule has 0 spiro atoms. The second-order valence-corrected chi connectivity index (χ2v) is 2.62. The molecule has 0 fully saturated rings. The molecule has 2 aromatic rings. The number of hydrogen-bond acceptors (Lipinski definition) is 4. The van der Waals surface area contributed by atoms with Crippen LogP contribution in [0.5, 0.6) is 0 Å². The van der Waals surface area contributed by atoms with Gasteiger partial charge in [-0.3, -0.25) is 4.98 Å². The molecule has 0 saturated heterocycles. The first-order valence-electron chi connectivity index (χ1n) is 4.04. The second-order valence-electron chi connectivity index (χ2n) is 2.62. The summed E-state index contributed by atoms with van der Waals surface area (Å²) < 4.78 is 0. The lowest BCUT2D eigenvalue weighted by molar-refractivity contribution is 1.14. The molecule has 2 aromatic heterocycles. The first-order valence-corrected chi connectivity index (χ1v) is 4.04. The van der Waals surface area contributed by atoms with Crippen molar-refractivity contribution in [2.75, 3.05) is 0 Å². The summed E-state index contributed by atoms with van der Waals surface area (Å²) >= 11 is 0. The second kappa shape index (κ2) is 3.62. The van der Waals surface area contributed by atoms with Gasteiger partial charge < -0.3 is 0 Å². The van der Waals surface area contributed by atoms with Crippen LogP contribution in [0.2, 0.25) is 0 Å². The predicted molar refractivity (Wildman–Crippen MR) is 50.0 cm³/mol. The van der Waals surface area contributed by atoms with Gasteiger partial charge in [-0.1, -0.05) is 0 Å². The van der Waals surface area contributed by atoms with E-state index in [1.165, 1.54) is 0 Å². The highest BCUT2D eigenvalue weighted by Crippen LogP contribution is 2.11. The molecule has 0 unspecified atom stereocenters. The first-order chi connectivity index (χ1) is 6.90. The molecule has 0 aromatic carbocycles. The van der Waals surface area contributed by atoms with Gasteiger partial charge in [0.05, 0.1) is 0 Å². The fourth-order valence-corrected chi connectivity index (χ4v) is 1.06. The summed E-state index contributed by atoms with van der Waals surface area (Å²) in [5.41, 5.74) is 1.17. The van der Waals surface area contributed by atoms with Crippen molar-refractivity contribution in [1.29, 1.82) is 5.26 Å². The fraction of sp³-hybridized carbons (Fsp3) is 0. The number of nitriles is 1. The summed E-state index contributed by atoms with van der Waals surface area (Å²) in [6.45, 7) is 0. The normalized spacial score (nSPS) is 9.36. The molecule has 2 heterocycles. The topological polar surface area (TPSA) is 62.5 Å². The van der Waals surface area contributed by atoms with Crippen LogP contribution in [0, 0.1) is 11.3 Å². The SMILES string of the molecule is N#Cc1ccnc(-c2cccnc2)n1. The molecule has 0 bridgehead atoms. The average molecular weight is 182 g/mol. The Hall–Kier alpha value is -2.28. The van der Waals surface area contributed by atoms with Crippen molar-refractivity contribution in [3.63, 3.8) is 0 Å². The molecule has 0 aliphatic heterocycles. The third-order valence-electron chi connectivity index (χ3n) is 1.69. The maximum Gasteiger partial charge on any atom is 0.162 e. The van der Waals surface area contributed by atoms with Crippen molar-refractivity contribution < 1.29 is 0 Å². The van der Waals surface area contributed by atoms with E-state index in [4.69, 9.17) is 5.26 Å². The van der Waals surface area contributed by atoms with Crippen LogP contribution < -0.4 is 0 Å². The highest BCUT2D eigenvalue weighted by atomic mass is 14.9. The van der Waals surface area contributed by atoms with Crippen LogP contribution in [0.3, 0.4) is 0 Å². The van der Waals surface area contributed by atoms with Crippen molar-refractivity contribution in [1.82, 2.24) is 15.0 Å². The first kappa shape index (κ1) is 8.32. The Bertz CT molecular complexity index is 473. The Morgan fingerprint density at radius 2 is 2.14 bits per heavy atom. The highest BCUT2D eigenvalue weighted by molar-refractivity contribution is 5.53. The minimum atomic E-state index is 0.360. The standard InChI is InChI=1S/C10H6N4/c11-6-9-3-5-13-10(14-9)8-2-1-4-12-7-8/h1-5,7H. The number of hydrogen-bond donors (Lipinski definition) is 0. The molecule has 14 heavy (non-hydrogen) atoms. The van der Waals surface area contributed by atoms with Gasteiger partial charge in [0.2, 0.25) is 0 Å². The van der Waals surface area contributed by atoms with Gasteiger partial charge >= 0.3 is 0 Å².